The van der Waals surface area contributed by atoms with Crippen molar-refractivity contribution in [3.05, 3.63) is 176 Å². The standard InChI is InChI=1S/C42H29N/c1-2-11-30(12-3-1)34-17-8-19-36(27-34)43(37-24-23-31-13-4-5-15-33(31)28-37)38-25-26-40-35(29-38)18-10-22-42(40)41-21-9-16-32-14-6-7-20-39(32)41/h1-29H. The van der Waals surface area contributed by atoms with Crippen LogP contribution in [0.2, 0.25) is 0 Å². The van der Waals surface area contributed by atoms with E-state index in [1.807, 2.05) is 0 Å². The van der Waals surface area contributed by atoms with Gasteiger partial charge >= 0.3 is 0 Å². The van der Waals surface area contributed by atoms with Gasteiger partial charge in [-0.25, -0.2) is 0 Å². The van der Waals surface area contributed by atoms with E-state index in [0.717, 1.165) is 17.1 Å². The third-order valence-corrected chi connectivity index (χ3v) is 8.40. The van der Waals surface area contributed by atoms with Crippen LogP contribution in [0.3, 0.4) is 0 Å². The number of anilines is 3. The van der Waals surface area contributed by atoms with E-state index < -0.39 is 0 Å². The Morgan fingerprint density at radius 3 is 1.63 bits per heavy atom. The minimum Gasteiger partial charge on any atom is -0.310 e. The smallest absolute Gasteiger partial charge is 0.0468 e. The van der Waals surface area contributed by atoms with E-state index in [1.165, 1.54) is 54.6 Å². The molecule has 0 amide bonds. The monoisotopic (exact) mass is 547 g/mol. The lowest BCUT2D eigenvalue weighted by atomic mass is 9.93. The molecule has 0 atom stereocenters. The Hall–Kier alpha value is -5.66. The molecule has 0 fully saturated rings. The van der Waals surface area contributed by atoms with Crippen molar-refractivity contribution in [2.75, 3.05) is 4.90 Å². The predicted octanol–water partition coefficient (Wildman–Crippen LogP) is 11.9. The minimum absolute atomic E-state index is 1.13. The maximum Gasteiger partial charge on any atom is 0.0468 e. The molecule has 0 aromatic heterocycles. The summed E-state index contributed by atoms with van der Waals surface area (Å²) in [4.78, 5) is 2.38. The molecule has 8 aromatic rings. The first-order chi connectivity index (χ1) is 21.3. The summed E-state index contributed by atoms with van der Waals surface area (Å²) in [6, 6.07) is 63.5. The highest BCUT2D eigenvalue weighted by Crippen LogP contribution is 2.41. The molecule has 8 rings (SSSR count). The Morgan fingerprint density at radius 2 is 0.814 bits per heavy atom. The SMILES string of the molecule is c1ccc(-c2cccc(N(c3ccc4ccccc4c3)c3ccc4c(-c5cccc6ccccc56)cccc4c3)c2)cc1. The van der Waals surface area contributed by atoms with Crippen LogP contribution in [0.25, 0.3) is 54.6 Å². The second kappa shape index (κ2) is 10.6. The lowest BCUT2D eigenvalue weighted by Gasteiger charge is -2.27. The van der Waals surface area contributed by atoms with Crippen LogP contribution in [0, 0.1) is 0 Å². The Morgan fingerprint density at radius 1 is 0.279 bits per heavy atom. The number of fused-ring (bicyclic) bond motifs is 3. The first kappa shape index (κ1) is 25.1. The Kier molecular flexibility index (Phi) is 6.20. The summed E-state index contributed by atoms with van der Waals surface area (Å²) >= 11 is 0. The van der Waals surface area contributed by atoms with Crippen LogP contribution >= 0.6 is 0 Å². The van der Waals surface area contributed by atoms with Gasteiger partial charge < -0.3 is 4.90 Å². The van der Waals surface area contributed by atoms with Crippen LogP contribution in [-0.2, 0) is 0 Å². The molecule has 43 heavy (non-hydrogen) atoms. The van der Waals surface area contributed by atoms with Crippen LogP contribution in [0.5, 0.6) is 0 Å². The summed E-state index contributed by atoms with van der Waals surface area (Å²) < 4.78 is 0. The molecule has 0 radical (unpaired) electrons. The van der Waals surface area contributed by atoms with Crippen molar-refractivity contribution in [3.63, 3.8) is 0 Å². The van der Waals surface area contributed by atoms with Crippen molar-refractivity contribution >= 4 is 49.4 Å². The average molecular weight is 548 g/mol. The van der Waals surface area contributed by atoms with Crippen molar-refractivity contribution in [2.24, 2.45) is 0 Å². The lowest BCUT2D eigenvalue weighted by Crippen LogP contribution is -2.10. The molecule has 0 saturated carbocycles. The molecule has 1 heteroatoms. The van der Waals surface area contributed by atoms with E-state index in [1.54, 1.807) is 0 Å². The quantitative estimate of drug-likeness (QED) is 0.207. The number of rotatable bonds is 5. The van der Waals surface area contributed by atoms with Crippen LogP contribution in [0.15, 0.2) is 176 Å². The van der Waals surface area contributed by atoms with Gasteiger partial charge in [-0.1, -0.05) is 140 Å². The van der Waals surface area contributed by atoms with E-state index in [4.69, 9.17) is 0 Å². The molecule has 1 nitrogen and oxygen atoms in total. The molecule has 0 heterocycles. The van der Waals surface area contributed by atoms with Crippen molar-refractivity contribution in [1.29, 1.82) is 0 Å². The molecule has 0 aliphatic rings. The van der Waals surface area contributed by atoms with Crippen molar-refractivity contribution in [3.8, 4) is 22.3 Å². The van der Waals surface area contributed by atoms with Crippen molar-refractivity contribution in [1.82, 2.24) is 0 Å². The van der Waals surface area contributed by atoms with Gasteiger partial charge in [0.05, 0.1) is 0 Å². The van der Waals surface area contributed by atoms with Gasteiger partial charge in [-0.2, -0.15) is 0 Å². The van der Waals surface area contributed by atoms with Crippen LogP contribution < -0.4 is 4.90 Å². The molecule has 8 aromatic carbocycles. The van der Waals surface area contributed by atoms with Gasteiger partial charge in [0.1, 0.15) is 0 Å². The van der Waals surface area contributed by atoms with Crippen molar-refractivity contribution in [2.45, 2.75) is 0 Å². The average Bonchev–Trinajstić information content (AvgIpc) is 3.08. The normalized spacial score (nSPS) is 11.3. The van der Waals surface area contributed by atoms with E-state index in [0.29, 0.717) is 0 Å². The minimum atomic E-state index is 1.13. The van der Waals surface area contributed by atoms with E-state index in [2.05, 4.69) is 181 Å². The Balaban J connectivity index is 1.31. The summed E-state index contributed by atoms with van der Waals surface area (Å²) in [6.07, 6.45) is 0. The molecule has 0 aliphatic carbocycles. The molecule has 0 bridgehead atoms. The fourth-order valence-electron chi connectivity index (χ4n) is 6.32. The van der Waals surface area contributed by atoms with E-state index >= 15 is 0 Å². The molecule has 202 valence electrons. The summed E-state index contributed by atoms with van der Waals surface area (Å²) in [5.74, 6) is 0. The molecule has 0 aliphatic heterocycles. The number of benzene rings is 8. The molecule has 0 unspecified atom stereocenters. The zero-order valence-electron chi connectivity index (χ0n) is 23.7. The molecule has 0 spiro atoms. The van der Waals surface area contributed by atoms with Gasteiger partial charge in [0.2, 0.25) is 0 Å². The highest BCUT2D eigenvalue weighted by molar-refractivity contribution is 6.06. The van der Waals surface area contributed by atoms with Crippen LogP contribution in [-0.4, -0.2) is 0 Å². The fourth-order valence-corrected chi connectivity index (χ4v) is 6.32. The zero-order valence-corrected chi connectivity index (χ0v) is 23.7. The van der Waals surface area contributed by atoms with Gasteiger partial charge in [0, 0.05) is 17.1 Å². The zero-order chi connectivity index (χ0) is 28.6. The lowest BCUT2D eigenvalue weighted by molar-refractivity contribution is 1.29. The Labute approximate surface area is 251 Å². The van der Waals surface area contributed by atoms with E-state index in [-0.39, 0.29) is 0 Å². The predicted molar refractivity (Wildman–Crippen MR) is 185 cm³/mol. The molecule has 0 saturated heterocycles. The number of nitrogens with zero attached hydrogens (tertiary/aromatic N) is 1. The van der Waals surface area contributed by atoms with Gasteiger partial charge in [-0.05, 0) is 91.0 Å². The summed E-state index contributed by atoms with van der Waals surface area (Å²) in [5, 5.41) is 7.46. The highest BCUT2D eigenvalue weighted by atomic mass is 15.1. The van der Waals surface area contributed by atoms with Gasteiger partial charge in [0.25, 0.3) is 0 Å². The maximum absolute atomic E-state index is 2.38. The topological polar surface area (TPSA) is 3.24 Å². The molecule has 0 N–H and O–H groups in total. The van der Waals surface area contributed by atoms with E-state index in [9.17, 15) is 0 Å². The van der Waals surface area contributed by atoms with Gasteiger partial charge in [0.15, 0.2) is 0 Å². The third kappa shape index (κ3) is 4.62. The third-order valence-electron chi connectivity index (χ3n) is 8.40. The van der Waals surface area contributed by atoms with Gasteiger partial charge in [-0.15, -0.1) is 0 Å². The fraction of sp³-hybridized carbons (Fsp3) is 0. The first-order valence-electron chi connectivity index (χ1n) is 14.8. The summed E-state index contributed by atoms with van der Waals surface area (Å²) in [6.45, 7) is 0. The number of hydrogen-bond acceptors (Lipinski definition) is 1. The van der Waals surface area contributed by atoms with Gasteiger partial charge in [-0.3, -0.25) is 0 Å². The molecular weight excluding hydrogens is 518 g/mol. The van der Waals surface area contributed by atoms with Crippen molar-refractivity contribution < 1.29 is 0 Å². The van der Waals surface area contributed by atoms with Crippen LogP contribution in [0.4, 0.5) is 17.1 Å². The summed E-state index contributed by atoms with van der Waals surface area (Å²) in [7, 11) is 0. The number of hydrogen-bond donors (Lipinski definition) is 0. The maximum atomic E-state index is 2.38. The first-order valence-corrected chi connectivity index (χ1v) is 14.8. The summed E-state index contributed by atoms with van der Waals surface area (Å²) in [5.41, 5.74) is 8.31. The van der Waals surface area contributed by atoms with Crippen LogP contribution in [0.1, 0.15) is 0 Å². The molecular formula is C42H29N. The largest absolute Gasteiger partial charge is 0.310 e. The second-order valence-electron chi connectivity index (χ2n) is 11.0. The Bertz CT molecular complexity index is 2240. The second-order valence-corrected chi connectivity index (χ2v) is 11.0. The highest BCUT2D eigenvalue weighted by Gasteiger charge is 2.16.